The zero-order valence-corrected chi connectivity index (χ0v) is 13.1. The third kappa shape index (κ3) is 1.47. The van der Waals surface area contributed by atoms with Gasteiger partial charge in [0.25, 0.3) is 0 Å². The Morgan fingerprint density at radius 2 is 1.70 bits per heavy atom. The van der Waals surface area contributed by atoms with E-state index in [0.29, 0.717) is 5.41 Å². The van der Waals surface area contributed by atoms with Crippen LogP contribution in [0.2, 0.25) is 0 Å². The molecule has 0 aromatic carbocycles. The molecule has 6 rings (SSSR count). The fourth-order valence-corrected chi connectivity index (χ4v) is 6.51. The molecule has 0 unspecified atom stereocenters. The smallest absolute Gasteiger partial charge is 0.137 e. The number of halogens is 1. The lowest BCUT2D eigenvalue weighted by atomic mass is 9.49. The molecule has 4 saturated carbocycles. The predicted molar refractivity (Wildman–Crippen MR) is 82.7 cm³/mol. The predicted octanol–water partition coefficient (Wildman–Crippen LogP) is 4.56. The Hall–Kier alpha value is -0.830. The number of hydrogen-bond donors (Lipinski definition) is 0. The highest BCUT2D eigenvalue weighted by molar-refractivity contribution is 9.10. The van der Waals surface area contributed by atoms with Gasteiger partial charge >= 0.3 is 0 Å². The van der Waals surface area contributed by atoms with Crippen molar-refractivity contribution in [2.24, 2.45) is 17.8 Å². The molecule has 0 atom stereocenters. The van der Waals surface area contributed by atoms with Crippen molar-refractivity contribution in [2.75, 3.05) is 0 Å². The van der Waals surface area contributed by atoms with Crippen LogP contribution in [0, 0.1) is 17.8 Å². The van der Waals surface area contributed by atoms with E-state index in [-0.39, 0.29) is 0 Å². The summed E-state index contributed by atoms with van der Waals surface area (Å²) >= 11 is 3.84. The molecule has 2 aromatic heterocycles. The Morgan fingerprint density at radius 1 is 1.05 bits per heavy atom. The van der Waals surface area contributed by atoms with E-state index in [4.69, 9.17) is 4.98 Å². The van der Waals surface area contributed by atoms with Crippen LogP contribution in [0.25, 0.3) is 5.65 Å². The number of fused-ring (bicyclic) bond motifs is 1. The lowest BCUT2D eigenvalue weighted by Gasteiger charge is -2.56. The summed E-state index contributed by atoms with van der Waals surface area (Å²) in [5, 5.41) is 0. The van der Waals surface area contributed by atoms with E-state index in [1.54, 1.807) is 0 Å². The van der Waals surface area contributed by atoms with Crippen LogP contribution < -0.4 is 0 Å². The van der Waals surface area contributed by atoms with Crippen LogP contribution in [0.15, 0.2) is 29.0 Å². The van der Waals surface area contributed by atoms with Gasteiger partial charge < -0.3 is 0 Å². The molecule has 4 aliphatic rings. The molecule has 3 heteroatoms. The minimum Gasteiger partial charge on any atom is -0.294 e. The summed E-state index contributed by atoms with van der Waals surface area (Å²) in [5.74, 6) is 2.91. The Balaban J connectivity index is 1.69. The van der Waals surface area contributed by atoms with Crippen molar-refractivity contribution in [3.63, 3.8) is 0 Å². The van der Waals surface area contributed by atoms with Crippen LogP contribution in [-0.4, -0.2) is 9.38 Å². The second-order valence-corrected chi connectivity index (χ2v) is 8.13. The van der Waals surface area contributed by atoms with Crippen LogP contribution in [0.5, 0.6) is 0 Å². The molecule has 0 radical (unpaired) electrons. The van der Waals surface area contributed by atoms with E-state index >= 15 is 0 Å². The van der Waals surface area contributed by atoms with E-state index in [9.17, 15) is 0 Å². The van der Waals surface area contributed by atoms with Crippen LogP contribution in [0.4, 0.5) is 0 Å². The van der Waals surface area contributed by atoms with Crippen molar-refractivity contribution in [1.29, 1.82) is 0 Å². The zero-order valence-electron chi connectivity index (χ0n) is 11.6. The van der Waals surface area contributed by atoms with Gasteiger partial charge in [-0.3, -0.25) is 4.40 Å². The fourth-order valence-electron chi connectivity index (χ4n) is 5.70. The molecule has 4 bridgehead atoms. The lowest BCUT2D eigenvalue weighted by Crippen LogP contribution is -2.48. The third-order valence-corrected chi connectivity index (χ3v) is 6.77. The Kier molecular flexibility index (Phi) is 2.29. The number of nitrogens with zero attached hydrogens (tertiary/aromatic N) is 2. The maximum absolute atomic E-state index is 5.02. The summed E-state index contributed by atoms with van der Waals surface area (Å²) in [5.41, 5.74) is 2.81. The first-order chi connectivity index (χ1) is 9.73. The molecule has 4 fully saturated rings. The number of pyridine rings is 1. The summed E-state index contributed by atoms with van der Waals surface area (Å²) in [4.78, 5) is 5.02. The van der Waals surface area contributed by atoms with Gasteiger partial charge in [-0.2, -0.15) is 0 Å². The molecule has 0 aliphatic heterocycles. The first kappa shape index (κ1) is 11.8. The van der Waals surface area contributed by atoms with Crippen molar-refractivity contribution in [3.05, 3.63) is 34.7 Å². The average molecular weight is 331 g/mol. The summed E-state index contributed by atoms with van der Waals surface area (Å²) in [7, 11) is 0. The number of hydrogen-bond acceptors (Lipinski definition) is 1. The highest BCUT2D eigenvalue weighted by Gasteiger charge is 2.53. The third-order valence-electron chi connectivity index (χ3n) is 6.01. The monoisotopic (exact) mass is 330 g/mol. The second kappa shape index (κ2) is 3.88. The van der Waals surface area contributed by atoms with Crippen LogP contribution >= 0.6 is 15.9 Å². The largest absolute Gasteiger partial charge is 0.294 e. The number of rotatable bonds is 1. The van der Waals surface area contributed by atoms with Gasteiger partial charge in [-0.25, -0.2) is 4.98 Å². The van der Waals surface area contributed by atoms with Crippen LogP contribution in [0.3, 0.4) is 0 Å². The normalized spacial score (nSPS) is 38.8. The number of aromatic nitrogens is 2. The molecule has 4 aliphatic carbocycles. The van der Waals surface area contributed by atoms with Gasteiger partial charge in [0.15, 0.2) is 0 Å². The molecule has 2 aromatic rings. The van der Waals surface area contributed by atoms with Crippen molar-refractivity contribution in [2.45, 2.75) is 43.9 Å². The second-order valence-electron chi connectivity index (χ2n) is 7.38. The van der Waals surface area contributed by atoms with E-state index in [0.717, 1.165) is 23.4 Å². The summed E-state index contributed by atoms with van der Waals surface area (Å²) in [6, 6.07) is 6.29. The van der Waals surface area contributed by atoms with Crippen molar-refractivity contribution in [3.8, 4) is 0 Å². The van der Waals surface area contributed by atoms with E-state index in [2.05, 4.69) is 44.7 Å². The summed E-state index contributed by atoms with van der Waals surface area (Å²) in [6.45, 7) is 0. The molecular weight excluding hydrogens is 312 g/mol. The Morgan fingerprint density at radius 3 is 2.30 bits per heavy atom. The molecule has 0 amide bonds. The molecule has 2 nitrogen and oxygen atoms in total. The SMILES string of the molecule is Brc1c(C23CC4CC(CC(C4)C2)C3)nc2ccccn12. The van der Waals surface area contributed by atoms with Crippen molar-refractivity contribution < 1.29 is 0 Å². The van der Waals surface area contributed by atoms with Crippen LogP contribution in [0.1, 0.15) is 44.2 Å². The highest BCUT2D eigenvalue weighted by atomic mass is 79.9. The van der Waals surface area contributed by atoms with E-state index < -0.39 is 0 Å². The molecule has 0 spiro atoms. The van der Waals surface area contributed by atoms with Gasteiger partial charge in [0.05, 0.1) is 5.69 Å². The molecular formula is C17H19BrN2. The first-order valence-corrected chi connectivity index (χ1v) is 8.66. The van der Waals surface area contributed by atoms with Gasteiger partial charge in [0.2, 0.25) is 0 Å². The minimum atomic E-state index is 0.375. The molecule has 0 N–H and O–H groups in total. The zero-order chi connectivity index (χ0) is 13.3. The van der Waals surface area contributed by atoms with Crippen molar-refractivity contribution in [1.82, 2.24) is 9.38 Å². The molecule has 0 saturated heterocycles. The summed E-state index contributed by atoms with van der Waals surface area (Å²) in [6.07, 6.45) is 10.7. The number of imidazole rings is 1. The standard InChI is InChI=1S/C17H19BrN2/c18-16-15(19-14-3-1-2-4-20(14)16)17-8-11-5-12(9-17)7-13(6-11)10-17/h1-4,11-13H,5-10H2. The topological polar surface area (TPSA) is 17.3 Å². The van der Waals surface area contributed by atoms with Gasteiger partial charge in [0, 0.05) is 11.6 Å². The molecule has 104 valence electrons. The van der Waals surface area contributed by atoms with Gasteiger partial charge in [-0.15, -0.1) is 0 Å². The summed E-state index contributed by atoms with van der Waals surface area (Å²) < 4.78 is 3.41. The Bertz CT molecular complexity index is 652. The maximum atomic E-state index is 5.02. The highest BCUT2D eigenvalue weighted by Crippen LogP contribution is 2.61. The molecule has 20 heavy (non-hydrogen) atoms. The fraction of sp³-hybridized carbons (Fsp3) is 0.588. The van der Waals surface area contributed by atoms with Gasteiger partial charge in [-0.1, -0.05) is 6.07 Å². The van der Waals surface area contributed by atoms with E-state index in [1.807, 2.05) is 0 Å². The van der Waals surface area contributed by atoms with E-state index in [1.165, 1.54) is 48.8 Å². The average Bonchev–Trinajstić information content (AvgIpc) is 2.76. The quantitative estimate of drug-likeness (QED) is 0.748. The molecule has 2 heterocycles. The Labute approximate surface area is 127 Å². The first-order valence-electron chi connectivity index (χ1n) is 7.87. The van der Waals surface area contributed by atoms with Gasteiger partial charge in [-0.05, 0) is 84.3 Å². The van der Waals surface area contributed by atoms with Crippen molar-refractivity contribution >= 4 is 21.6 Å². The minimum absolute atomic E-state index is 0.375. The van der Waals surface area contributed by atoms with Crippen LogP contribution in [-0.2, 0) is 5.41 Å². The van der Waals surface area contributed by atoms with Gasteiger partial charge in [0.1, 0.15) is 10.3 Å². The lowest BCUT2D eigenvalue weighted by molar-refractivity contribution is -0.00733. The maximum Gasteiger partial charge on any atom is 0.137 e.